The third-order valence-corrected chi connectivity index (χ3v) is 8.19. The summed E-state index contributed by atoms with van der Waals surface area (Å²) in [6, 6.07) is 12.7. The van der Waals surface area contributed by atoms with E-state index in [0.29, 0.717) is 31.7 Å². The van der Waals surface area contributed by atoms with Crippen molar-refractivity contribution in [2.24, 2.45) is 5.92 Å². The molecule has 2 aromatic rings. The van der Waals surface area contributed by atoms with Gasteiger partial charge in [-0.25, -0.2) is 8.42 Å². The Morgan fingerprint density at radius 1 is 0.970 bits per heavy atom. The molecule has 1 fully saturated rings. The number of rotatable bonds is 8. The SMILES string of the molecule is COc1ccc([C@H](C)NC(=O)C2CCN(S(=O)(=O)c3cc(C(C)C)ccc3OC)CC2)cc1. The fraction of sp³-hybridized carbons (Fsp3) is 0.480. The van der Waals surface area contributed by atoms with Crippen LogP contribution >= 0.6 is 0 Å². The molecule has 33 heavy (non-hydrogen) atoms. The molecule has 8 heteroatoms. The predicted molar refractivity (Wildman–Crippen MR) is 128 cm³/mol. The zero-order valence-corrected chi connectivity index (χ0v) is 20.8. The average molecular weight is 475 g/mol. The molecule has 180 valence electrons. The van der Waals surface area contributed by atoms with Gasteiger partial charge in [0.1, 0.15) is 16.4 Å². The molecule has 1 saturated heterocycles. The van der Waals surface area contributed by atoms with Crippen molar-refractivity contribution in [3.8, 4) is 11.5 Å². The Morgan fingerprint density at radius 2 is 1.58 bits per heavy atom. The van der Waals surface area contributed by atoms with E-state index in [1.54, 1.807) is 19.2 Å². The molecule has 0 radical (unpaired) electrons. The minimum absolute atomic E-state index is 0.0465. The number of carbonyl (C=O) groups is 1. The monoisotopic (exact) mass is 474 g/mol. The molecule has 0 saturated carbocycles. The van der Waals surface area contributed by atoms with Crippen LogP contribution in [0.5, 0.6) is 11.5 Å². The van der Waals surface area contributed by atoms with Gasteiger partial charge in [-0.3, -0.25) is 4.79 Å². The third kappa shape index (κ3) is 5.68. The summed E-state index contributed by atoms with van der Waals surface area (Å²) in [4.78, 5) is 13.0. The van der Waals surface area contributed by atoms with Crippen LogP contribution in [-0.2, 0) is 14.8 Å². The van der Waals surface area contributed by atoms with Gasteiger partial charge in [-0.1, -0.05) is 32.0 Å². The number of amides is 1. The van der Waals surface area contributed by atoms with E-state index < -0.39 is 10.0 Å². The number of nitrogens with one attached hydrogen (secondary N) is 1. The van der Waals surface area contributed by atoms with Crippen molar-refractivity contribution in [3.63, 3.8) is 0 Å². The van der Waals surface area contributed by atoms with Crippen molar-refractivity contribution in [2.45, 2.75) is 50.5 Å². The lowest BCUT2D eigenvalue weighted by atomic mass is 9.96. The zero-order chi connectivity index (χ0) is 24.2. The Kier molecular flexibility index (Phi) is 8.02. The van der Waals surface area contributed by atoms with E-state index in [9.17, 15) is 13.2 Å². The molecule has 7 nitrogen and oxygen atoms in total. The molecule has 1 heterocycles. The van der Waals surface area contributed by atoms with Crippen LogP contribution in [0.15, 0.2) is 47.4 Å². The summed E-state index contributed by atoms with van der Waals surface area (Å²) in [6.45, 7) is 6.58. The lowest BCUT2D eigenvalue weighted by Gasteiger charge is -2.31. The van der Waals surface area contributed by atoms with Gasteiger partial charge in [-0.2, -0.15) is 4.31 Å². The van der Waals surface area contributed by atoms with Crippen LogP contribution < -0.4 is 14.8 Å². The fourth-order valence-electron chi connectivity index (χ4n) is 4.06. The number of hydrogen-bond acceptors (Lipinski definition) is 5. The molecule has 0 bridgehead atoms. The van der Waals surface area contributed by atoms with Crippen LogP contribution in [0.1, 0.15) is 56.7 Å². The molecule has 0 unspecified atom stereocenters. The molecule has 0 aromatic heterocycles. The van der Waals surface area contributed by atoms with Crippen molar-refractivity contribution in [1.29, 1.82) is 0 Å². The number of ether oxygens (including phenoxy) is 2. The molecule has 1 atom stereocenters. The first-order valence-corrected chi connectivity index (χ1v) is 12.7. The molecule has 2 aromatic carbocycles. The first-order chi connectivity index (χ1) is 15.7. The van der Waals surface area contributed by atoms with Crippen LogP contribution in [0.3, 0.4) is 0 Å². The van der Waals surface area contributed by atoms with Gasteiger partial charge in [-0.15, -0.1) is 0 Å². The molecule has 0 spiro atoms. The number of methoxy groups -OCH3 is 2. The maximum absolute atomic E-state index is 13.4. The van der Waals surface area contributed by atoms with Crippen LogP contribution in [-0.4, -0.2) is 45.9 Å². The first-order valence-electron chi connectivity index (χ1n) is 11.3. The topological polar surface area (TPSA) is 84.9 Å². The van der Waals surface area contributed by atoms with E-state index in [4.69, 9.17) is 9.47 Å². The maximum atomic E-state index is 13.4. The first kappa shape index (κ1) is 25.1. The maximum Gasteiger partial charge on any atom is 0.246 e. The zero-order valence-electron chi connectivity index (χ0n) is 20.0. The van der Waals surface area contributed by atoms with Crippen molar-refractivity contribution < 1.29 is 22.7 Å². The lowest BCUT2D eigenvalue weighted by Crippen LogP contribution is -2.43. The van der Waals surface area contributed by atoms with Crippen molar-refractivity contribution in [2.75, 3.05) is 27.3 Å². The summed E-state index contributed by atoms with van der Waals surface area (Å²) in [5.74, 6) is 1.04. The van der Waals surface area contributed by atoms with Crippen LogP contribution in [0, 0.1) is 5.92 Å². The molecule has 1 aliphatic heterocycles. The second-order valence-electron chi connectivity index (χ2n) is 8.75. The van der Waals surface area contributed by atoms with E-state index in [1.165, 1.54) is 11.4 Å². The molecule has 1 aliphatic rings. The number of sulfonamides is 1. The minimum Gasteiger partial charge on any atom is -0.497 e. The summed E-state index contributed by atoms with van der Waals surface area (Å²) in [7, 11) is -0.627. The van der Waals surface area contributed by atoms with E-state index in [-0.39, 0.29) is 28.7 Å². The Morgan fingerprint density at radius 3 is 2.12 bits per heavy atom. The average Bonchev–Trinajstić information content (AvgIpc) is 2.83. The van der Waals surface area contributed by atoms with Gasteiger partial charge in [0, 0.05) is 19.0 Å². The van der Waals surface area contributed by atoms with Gasteiger partial charge in [0.05, 0.1) is 20.3 Å². The van der Waals surface area contributed by atoms with Gasteiger partial charge in [-0.05, 0) is 61.1 Å². The van der Waals surface area contributed by atoms with Crippen molar-refractivity contribution >= 4 is 15.9 Å². The molecular weight excluding hydrogens is 440 g/mol. The van der Waals surface area contributed by atoms with E-state index in [1.807, 2.05) is 51.1 Å². The fourth-order valence-corrected chi connectivity index (χ4v) is 5.72. The number of nitrogens with zero attached hydrogens (tertiary/aromatic N) is 1. The predicted octanol–water partition coefficient (Wildman–Crippen LogP) is 4.11. The third-order valence-electron chi connectivity index (χ3n) is 6.27. The van der Waals surface area contributed by atoms with Gasteiger partial charge < -0.3 is 14.8 Å². The highest BCUT2D eigenvalue weighted by Gasteiger charge is 2.34. The minimum atomic E-state index is -3.72. The quantitative estimate of drug-likeness (QED) is 0.623. The normalized spacial score (nSPS) is 16.4. The Hall–Kier alpha value is -2.58. The van der Waals surface area contributed by atoms with Crippen molar-refractivity contribution in [1.82, 2.24) is 9.62 Å². The van der Waals surface area contributed by atoms with Crippen LogP contribution in [0.2, 0.25) is 0 Å². The van der Waals surface area contributed by atoms with Crippen LogP contribution in [0.25, 0.3) is 0 Å². The molecular formula is C25H34N2O5S. The highest BCUT2D eigenvalue weighted by Crippen LogP contribution is 2.32. The van der Waals surface area contributed by atoms with Gasteiger partial charge in [0.15, 0.2) is 0 Å². The van der Waals surface area contributed by atoms with E-state index in [2.05, 4.69) is 5.32 Å². The van der Waals surface area contributed by atoms with Gasteiger partial charge >= 0.3 is 0 Å². The summed E-state index contributed by atoms with van der Waals surface area (Å²) in [5, 5.41) is 3.06. The second-order valence-corrected chi connectivity index (χ2v) is 10.7. The standard InChI is InChI=1S/C25H34N2O5S/c1-17(2)21-8-11-23(32-5)24(16-21)33(29,30)27-14-12-20(13-15-27)25(28)26-18(3)19-6-9-22(31-4)10-7-19/h6-11,16-18,20H,12-15H2,1-5H3,(H,26,28)/t18-/m0/s1. The molecule has 3 rings (SSSR count). The number of benzene rings is 2. The van der Waals surface area contributed by atoms with Gasteiger partial charge in [0.2, 0.25) is 15.9 Å². The summed E-state index contributed by atoms with van der Waals surface area (Å²) in [6.07, 6.45) is 0.958. The smallest absolute Gasteiger partial charge is 0.246 e. The summed E-state index contributed by atoms with van der Waals surface area (Å²) < 4.78 is 38.7. The van der Waals surface area contributed by atoms with E-state index in [0.717, 1.165) is 16.9 Å². The number of hydrogen-bond donors (Lipinski definition) is 1. The summed E-state index contributed by atoms with van der Waals surface area (Å²) >= 11 is 0. The number of piperidine rings is 1. The van der Waals surface area contributed by atoms with Crippen LogP contribution in [0.4, 0.5) is 0 Å². The molecule has 0 aliphatic carbocycles. The lowest BCUT2D eigenvalue weighted by molar-refractivity contribution is -0.126. The van der Waals surface area contributed by atoms with Gasteiger partial charge in [0.25, 0.3) is 0 Å². The number of carbonyl (C=O) groups excluding carboxylic acids is 1. The molecule has 1 N–H and O–H groups in total. The Labute approximate surface area is 197 Å². The summed E-state index contributed by atoms with van der Waals surface area (Å²) in [5.41, 5.74) is 1.93. The second kappa shape index (κ2) is 10.6. The molecule has 1 amide bonds. The Bertz CT molecular complexity index is 1060. The van der Waals surface area contributed by atoms with E-state index >= 15 is 0 Å². The highest BCUT2D eigenvalue weighted by atomic mass is 32.2. The van der Waals surface area contributed by atoms with Crippen molar-refractivity contribution in [3.05, 3.63) is 53.6 Å². The highest BCUT2D eigenvalue weighted by molar-refractivity contribution is 7.89. The largest absolute Gasteiger partial charge is 0.497 e. The Balaban J connectivity index is 1.65.